The second-order valence-electron chi connectivity index (χ2n) is 6.13. The Labute approximate surface area is 136 Å². The van der Waals surface area contributed by atoms with Crippen molar-refractivity contribution in [1.29, 1.82) is 0 Å². The first-order valence-corrected chi connectivity index (χ1v) is 8.17. The van der Waals surface area contributed by atoms with E-state index >= 15 is 0 Å². The molecule has 0 bridgehead atoms. The van der Waals surface area contributed by atoms with Gasteiger partial charge in [0.15, 0.2) is 0 Å². The molecule has 0 amide bonds. The molecule has 2 rings (SSSR count). The highest BCUT2D eigenvalue weighted by Gasteiger charge is 2.38. The van der Waals surface area contributed by atoms with Gasteiger partial charge in [-0.25, -0.2) is 0 Å². The van der Waals surface area contributed by atoms with Crippen molar-refractivity contribution >= 4 is 5.69 Å². The first-order valence-electron chi connectivity index (χ1n) is 8.17. The molecule has 1 aromatic carbocycles. The van der Waals surface area contributed by atoms with Crippen LogP contribution in [0.25, 0.3) is 0 Å². The minimum absolute atomic E-state index is 0.0582. The fraction of sp³-hybridized carbons (Fsp3) is 0.647. The van der Waals surface area contributed by atoms with Crippen molar-refractivity contribution in [3.8, 4) is 0 Å². The highest BCUT2D eigenvalue weighted by atomic mass is 16.6. The normalized spacial score (nSPS) is 25.4. The van der Waals surface area contributed by atoms with Gasteiger partial charge in [0.2, 0.25) is 0 Å². The van der Waals surface area contributed by atoms with E-state index in [1.165, 1.54) is 6.07 Å². The lowest BCUT2D eigenvalue weighted by Crippen LogP contribution is -2.27. The highest BCUT2D eigenvalue weighted by Crippen LogP contribution is 2.31. The molecule has 1 aliphatic heterocycles. The largest absolute Gasteiger partial charge is 0.394 e. The van der Waals surface area contributed by atoms with E-state index < -0.39 is 4.92 Å². The zero-order valence-corrected chi connectivity index (χ0v) is 13.7. The predicted molar refractivity (Wildman–Crippen MR) is 86.1 cm³/mol. The number of hydrogen-bond acceptors (Lipinski definition) is 5. The van der Waals surface area contributed by atoms with Crippen LogP contribution in [-0.4, -0.2) is 34.9 Å². The molecule has 1 fully saturated rings. The molecule has 4 unspecified atom stereocenters. The molecule has 0 aromatic heterocycles. The summed E-state index contributed by atoms with van der Waals surface area (Å²) in [6, 6.07) is 6.56. The van der Waals surface area contributed by atoms with Gasteiger partial charge in [-0.15, -0.1) is 0 Å². The van der Waals surface area contributed by atoms with E-state index in [1.54, 1.807) is 18.2 Å². The Hall–Kier alpha value is -1.50. The molecule has 23 heavy (non-hydrogen) atoms. The molecule has 0 aliphatic carbocycles. The molecule has 0 saturated carbocycles. The third-order valence-corrected chi connectivity index (χ3v) is 4.43. The van der Waals surface area contributed by atoms with Crippen molar-refractivity contribution in [2.45, 2.75) is 58.0 Å². The number of hydrogen-bond donors (Lipinski definition) is 1. The number of nitro benzene ring substituents is 1. The Kier molecular flexibility index (Phi) is 6.50. The SMILES string of the molecule is CCCC(C)C1CC(OCc2ccccc2[N+](=O)[O-])C(CO)O1. The van der Waals surface area contributed by atoms with Gasteiger partial charge >= 0.3 is 0 Å². The standard InChI is InChI=1S/C17H25NO5/c1-3-6-12(2)15-9-16(17(10-19)23-15)22-11-13-7-4-5-8-14(13)18(20)21/h4-5,7-8,12,15-17,19H,3,6,9-11H2,1-2H3. The van der Waals surface area contributed by atoms with Gasteiger partial charge in [-0.3, -0.25) is 10.1 Å². The monoisotopic (exact) mass is 323 g/mol. The van der Waals surface area contributed by atoms with E-state index in [9.17, 15) is 15.2 Å². The number of nitro groups is 1. The third-order valence-electron chi connectivity index (χ3n) is 4.43. The summed E-state index contributed by atoms with van der Waals surface area (Å²) in [4.78, 5) is 10.6. The number of rotatable bonds is 8. The van der Waals surface area contributed by atoms with Crippen LogP contribution in [0.5, 0.6) is 0 Å². The molecule has 1 aromatic rings. The van der Waals surface area contributed by atoms with E-state index in [1.807, 2.05) is 0 Å². The van der Waals surface area contributed by atoms with Gasteiger partial charge in [0.05, 0.1) is 35.9 Å². The first kappa shape index (κ1) is 17.8. The summed E-state index contributed by atoms with van der Waals surface area (Å²) >= 11 is 0. The molecule has 1 heterocycles. The Bertz CT molecular complexity index is 521. The summed E-state index contributed by atoms with van der Waals surface area (Å²) in [5.74, 6) is 0.411. The quantitative estimate of drug-likeness (QED) is 0.587. The van der Waals surface area contributed by atoms with Gasteiger partial charge < -0.3 is 14.6 Å². The van der Waals surface area contributed by atoms with E-state index in [0.29, 0.717) is 17.9 Å². The number of para-hydroxylation sites is 1. The van der Waals surface area contributed by atoms with Crippen molar-refractivity contribution in [3.05, 3.63) is 39.9 Å². The van der Waals surface area contributed by atoms with Crippen LogP contribution in [0, 0.1) is 16.0 Å². The van der Waals surface area contributed by atoms with Crippen molar-refractivity contribution in [3.63, 3.8) is 0 Å². The molecule has 6 heteroatoms. The summed E-state index contributed by atoms with van der Waals surface area (Å²) in [5.41, 5.74) is 0.599. The fourth-order valence-electron chi connectivity index (χ4n) is 3.10. The topological polar surface area (TPSA) is 81.8 Å². The number of benzene rings is 1. The van der Waals surface area contributed by atoms with Crippen molar-refractivity contribution < 1.29 is 19.5 Å². The Morgan fingerprint density at radius 2 is 2.22 bits per heavy atom. The van der Waals surface area contributed by atoms with Crippen LogP contribution in [0.4, 0.5) is 5.69 Å². The summed E-state index contributed by atoms with van der Waals surface area (Å²) in [5, 5.41) is 20.5. The number of aliphatic hydroxyl groups excluding tert-OH is 1. The zero-order valence-electron chi connectivity index (χ0n) is 13.7. The van der Waals surface area contributed by atoms with Crippen molar-refractivity contribution in [2.75, 3.05) is 6.61 Å². The average Bonchev–Trinajstić information content (AvgIpc) is 2.96. The molecule has 1 saturated heterocycles. The summed E-state index contributed by atoms with van der Waals surface area (Å²) in [6.45, 7) is 4.33. The fourth-order valence-corrected chi connectivity index (χ4v) is 3.10. The van der Waals surface area contributed by atoms with Gasteiger partial charge in [-0.1, -0.05) is 32.4 Å². The molecular formula is C17H25NO5. The lowest BCUT2D eigenvalue weighted by molar-refractivity contribution is -0.386. The van der Waals surface area contributed by atoms with Crippen molar-refractivity contribution in [2.24, 2.45) is 5.92 Å². The van der Waals surface area contributed by atoms with E-state index in [-0.39, 0.29) is 37.2 Å². The predicted octanol–water partition coefficient (Wildman–Crippen LogP) is 3.07. The van der Waals surface area contributed by atoms with Crippen LogP contribution < -0.4 is 0 Å². The lowest BCUT2D eigenvalue weighted by Gasteiger charge is -2.18. The minimum atomic E-state index is -0.403. The molecule has 1 N–H and O–H groups in total. The van der Waals surface area contributed by atoms with Gasteiger partial charge in [0.1, 0.15) is 6.10 Å². The van der Waals surface area contributed by atoms with Crippen LogP contribution in [0.1, 0.15) is 38.7 Å². The van der Waals surface area contributed by atoms with Gasteiger partial charge in [0.25, 0.3) is 5.69 Å². The maximum Gasteiger partial charge on any atom is 0.274 e. The molecule has 6 nitrogen and oxygen atoms in total. The number of aliphatic hydroxyl groups is 1. The maximum atomic E-state index is 11.0. The van der Waals surface area contributed by atoms with E-state index in [4.69, 9.17) is 9.47 Å². The van der Waals surface area contributed by atoms with Crippen LogP contribution in [-0.2, 0) is 16.1 Å². The van der Waals surface area contributed by atoms with Crippen LogP contribution in [0.3, 0.4) is 0 Å². The molecule has 4 atom stereocenters. The zero-order chi connectivity index (χ0) is 16.8. The third kappa shape index (κ3) is 4.50. The Morgan fingerprint density at radius 1 is 1.48 bits per heavy atom. The first-order chi connectivity index (χ1) is 11.1. The lowest BCUT2D eigenvalue weighted by atomic mass is 9.96. The maximum absolute atomic E-state index is 11.0. The minimum Gasteiger partial charge on any atom is -0.394 e. The smallest absolute Gasteiger partial charge is 0.274 e. The molecule has 0 radical (unpaired) electrons. The van der Waals surface area contributed by atoms with Crippen LogP contribution in [0.15, 0.2) is 24.3 Å². The Morgan fingerprint density at radius 3 is 2.87 bits per heavy atom. The molecule has 0 spiro atoms. The number of nitrogens with zero attached hydrogens (tertiary/aromatic N) is 1. The second-order valence-corrected chi connectivity index (χ2v) is 6.13. The van der Waals surface area contributed by atoms with Crippen LogP contribution >= 0.6 is 0 Å². The molecular weight excluding hydrogens is 298 g/mol. The molecule has 1 aliphatic rings. The summed E-state index contributed by atoms with van der Waals surface area (Å²) < 4.78 is 11.7. The number of ether oxygens (including phenoxy) is 2. The molecule has 128 valence electrons. The average molecular weight is 323 g/mol. The van der Waals surface area contributed by atoms with Gasteiger partial charge in [-0.2, -0.15) is 0 Å². The Balaban J connectivity index is 1.98. The van der Waals surface area contributed by atoms with E-state index in [0.717, 1.165) is 12.8 Å². The second kappa shape index (κ2) is 8.38. The van der Waals surface area contributed by atoms with Crippen molar-refractivity contribution in [1.82, 2.24) is 0 Å². The van der Waals surface area contributed by atoms with Gasteiger partial charge in [0, 0.05) is 12.5 Å². The van der Waals surface area contributed by atoms with Gasteiger partial charge in [-0.05, 0) is 18.4 Å². The summed E-state index contributed by atoms with van der Waals surface area (Å²) in [7, 11) is 0. The van der Waals surface area contributed by atoms with Crippen LogP contribution in [0.2, 0.25) is 0 Å². The highest BCUT2D eigenvalue weighted by molar-refractivity contribution is 5.39. The van der Waals surface area contributed by atoms with E-state index in [2.05, 4.69) is 13.8 Å². The summed E-state index contributed by atoms with van der Waals surface area (Å²) in [6.07, 6.45) is 2.35.